The summed E-state index contributed by atoms with van der Waals surface area (Å²) in [5, 5.41) is 11.4. The fourth-order valence-electron chi connectivity index (χ4n) is 2.09. The van der Waals surface area contributed by atoms with E-state index >= 15 is 0 Å². The molecule has 0 radical (unpaired) electrons. The number of aliphatic hydroxyl groups is 1. The van der Waals surface area contributed by atoms with Crippen LogP contribution in [0.2, 0.25) is 5.02 Å². The topological polar surface area (TPSA) is 69.6 Å². The summed E-state index contributed by atoms with van der Waals surface area (Å²) in [4.78, 5) is 26.6. The third-order valence-corrected chi connectivity index (χ3v) is 5.24. The second-order valence-electron chi connectivity index (χ2n) is 6.49. The highest BCUT2D eigenvalue weighted by molar-refractivity contribution is 7.99. The van der Waals surface area contributed by atoms with Crippen LogP contribution in [-0.2, 0) is 4.79 Å². The van der Waals surface area contributed by atoms with Crippen LogP contribution in [-0.4, -0.2) is 47.7 Å². The molecule has 2 aromatic carbocycles. The average Bonchev–Trinajstić information content (AvgIpc) is 2.62. The maximum Gasteiger partial charge on any atom is 0.426 e. The average molecular weight is 447 g/mol. The van der Waals surface area contributed by atoms with Crippen molar-refractivity contribution in [2.75, 3.05) is 19.4 Å². The molecule has 2 aromatic rings. The van der Waals surface area contributed by atoms with E-state index in [1.54, 1.807) is 44.4 Å². The van der Waals surface area contributed by atoms with E-state index in [-0.39, 0.29) is 16.6 Å². The summed E-state index contributed by atoms with van der Waals surface area (Å²) in [6.07, 6.45) is -5.13. The monoisotopic (exact) mass is 446 g/mol. The lowest BCUT2D eigenvalue weighted by Crippen LogP contribution is -2.52. The lowest BCUT2D eigenvalue weighted by atomic mass is 10.1. The summed E-state index contributed by atoms with van der Waals surface area (Å²) in [5.41, 5.74) is -3.07. The molecule has 0 unspecified atom stereocenters. The van der Waals surface area contributed by atoms with Gasteiger partial charge in [0, 0.05) is 29.4 Å². The molecular weight excluding hydrogens is 429 g/mol. The second kappa shape index (κ2) is 8.64. The molecule has 0 aliphatic carbocycles. The number of hydrogen-bond acceptors (Lipinski definition) is 4. The Morgan fingerprint density at radius 2 is 1.62 bits per heavy atom. The number of halogens is 4. The molecule has 0 fully saturated rings. The van der Waals surface area contributed by atoms with Crippen molar-refractivity contribution in [2.24, 2.45) is 0 Å². The van der Waals surface area contributed by atoms with Crippen LogP contribution in [0.15, 0.2) is 52.3 Å². The van der Waals surface area contributed by atoms with Crippen molar-refractivity contribution < 1.29 is 27.9 Å². The molecule has 2 rings (SSSR count). The van der Waals surface area contributed by atoms with Crippen LogP contribution in [0.4, 0.5) is 18.9 Å². The molecule has 10 heteroatoms. The van der Waals surface area contributed by atoms with E-state index in [0.29, 0.717) is 17.4 Å². The summed E-state index contributed by atoms with van der Waals surface area (Å²) < 4.78 is 38.2. The van der Waals surface area contributed by atoms with E-state index in [2.05, 4.69) is 0 Å². The quantitative estimate of drug-likeness (QED) is 0.712. The first-order chi connectivity index (χ1) is 13.3. The van der Waals surface area contributed by atoms with Gasteiger partial charge in [-0.3, -0.25) is 9.59 Å². The predicted molar refractivity (Wildman–Crippen MR) is 105 cm³/mol. The van der Waals surface area contributed by atoms with Crippen LogP contribution in [0.25, 0.3) is 0 Å². The molecule has 156 valence electrons. The number of nitrogens with one attached hydrogen (secondary N) is 1. The molecule has 0 aliphatic heterocycles. The van der Waals surface area contributed by atoms with Gasteiger partial charge in [0.25, 0.3) is 11.8 Å². The van der Waals surface area contributed by atoms with Crippen LogP contribution >= 0.6 is 23.4 Å². The van der Waals surface area contributed by atoms with Crippen molar-refractivity contribution in [1.82, 2.24) is 4.90 Å². The van der Waals surface area contributed by atoms with Crippen LogP contribution in [0.1, 0.15) is 17.3 Å². The van der Waals surface area contributed by atoms with Gasteiger partial charge in [0.05, 0.1) is 10.7 Å². The molecule has 0 aliphatic rings. The third kappa shape index (κ3) is 5.43. The molecule has 0 saturated heterocycles. The number of hydrogen-bond donors (Lipinski definition) is 2. The van der Waals surface area contributed by atoms with Gasteiger partial charge in [0.15, 0.2) is 0 Å². The van der Waals surface area contributed by atoms with E-state index in [4.69, 9.17) is 11.6 Å². The number of rotatable bonds is 5. The Kier molecular flexibility index (Phi) is 6.87. The predicted octanol–water partition coefficient (Wildman–Crippen LogP) is 4.44. The number of benzene rings is 2. The largest absolute Gasteiger partial charge is 0.426 e. The van der Waals surface area contributed by atoms with E-state index in [0.717, 1.165) is 4.90 Å². The third-order valence-electron chi connectivity index (χ3n) is 3.93. The van der Waals surface area contributed by atoms with Gasteiger partial charge in [-0.2, -0.15) is 13.2 Å². The Bertz CT molecular complexity index is 916. The first-order valence-corrected chi connectivity index (χ1v) is 9.42. The van der Waals surface area contributed by atoms with Crippen LogP contribution in [0, 0.1) is 0 Å². The van der Waals surface area contributed by atoms with Crippen LogP contribution in [0.5, 0.6) is 0 Å². The van der Waals surface area contributed by atoms with Crippen LogP contribution in [0.3, 0.4) is 0 Å². The van der Waals surface area contributed by atoms with Crippen molar-refractivity contribution in [3.8, 4) is 0 Å². The molecule has 29 heavy (non-hydrogen) atoms. The van der Waals surface area contributed by atoms with Gasteiger partial charge in [0.1, 0.15) is 0 Å². The van der Waals surface area contributed by atoms with Gasteiger partial charge >= 0.3 is 6.18 Å². The number of anilines is 1. The Morgan fingerprint density at radius 3 is 2.10 bits per heavy atom. The van der Waals surface area contributed by atoms with Gasteiger partial charge in [0.2, 0.25) is 5.60 Å². The number of alkyl halides is 3. The summed E-state index contributed by atoms with van der Waals surface area (Å²) >= 11 is 7.38. The first-order valence-electron chi connectivity index (χ1n) is 8.22. The molecule has 1 atom stereocenters. The number of carbonyl (C=O) groups excluding carboxylic acids is 2. The Morgan fingerprint density at radius 1 is 1.07 bits per heavy atom. The molecule has 0 saturated carbocycles. The highest BCUT2D eigenvalue weighted by atomic mass is 35.5. The van der Waals surface area contributed by atoms with Crippen LogP contribution < -0.4 is 5.32 Å². The van der Waals surface area contributed by atoms with Gasteiger partial charge < -0.3 is 15.3 Å². The number of amides is 2. The lowest BCUT2D eigenvalue weighted by Gasteiger charge is -2.25. The summed E-state index contributed by atoms with van der Waals surface area (Å²) in [7, 11) is 3.31. The summed E-state index contributed by atoms with van der Waals surface area (Å²) in [6, 6.07) is 11.3. The summed E-state index contributed by atoms with van der Waals surface area (Å²) in [5.74, 6) is -1.76. The van der Waals surface area contributed by atoms with Gasteiger partial charge in [-0.05, 0) is 49.4 Å². The number of carbonyl (C=O) groups is 2. The Balaban J connectivity index is 2.12. The van der Waals surface area contributed by atoms with Gasteiger partial charge in [-0.25, -0.2) is 0 Å². The molecule has 0 bridgehead atoms. The van der Waals surface area contributed by atoms with Gasteiger partial charge in [-0.15, -0.1) is 0 Å². The second-order valence-corrected chi connectivity index (χ2v) is 8.05. The van der Waals surface area contributed by atoms with E-state index in [1.807, 2.05) is 5.32 Å². The normalized spacial score (nSPS) is 13.5. The van der Waals surface area contributed by atoms with Crippen molar-refractivity contribution in [2.45, 2.75) is 28.5 Å². The molecule has 0 heterocycles. The fraction of sp³-hybridized carbons (Fsp3) is 0.263. The molecule has 0 aromatic heterocycles. The maximum absolute atomic E-state index is 12.7. The van der Waals surface area contributed by atoms with Crippen molar-refractivity contribution in [3.05, 3.63) is 53.1 Å². The van der Waals surface area contributed by atoms with E-state index in [1.165, 1.54) is 28.8 Å². The standard InChI is InChI=1S/C19H18ClF3N2O3S/c1-18(28,19(21,22)23)17(27)24-15-9-8-13(10-14(15)20)29-12-6-4-11(5-7-12)16(26)25(2)3/h4-10,28H,1-3H3,(H,24,27)/t18-/m1/s1. The smallest absolute Gasteiger partial charge is 0.373 e. The minimum Gasteiger partial charge on any atom is -0.373 e. The molecule has 2 amide bonds. The Hall–Kier alpha value is -2.23. The van der Waals surface area contributed by atoms with Gasteiger partial charge in [-0.1, -0.05) is 23.4 Å². The van der Waals surface area contributed by atoms with E-state index < -0.39 is 17.7 Å². The fourth-order valence-corrected chi connectivity index (χ4v) is 3.24. The summed E-state index contributed by atoms with van der Waals surface area (Å²) in [6.45, 7) is 0.366. The van der Waals surface area contributed by atoms with Crippen molar-refractivity contribution in [1.29, 1.82) is 0 Å². The first kappa shape index (κ1) is 23.1. The number of nitrogens with zero attached hydrogens (tertiary/aromatic N) is 1. The SMILES string of the molecule is CN(C)C(=O)c1ccc(Sc2ccc(NC(=O)[C@@](C)(O)C(F)(F)F)c(Cl)c2)cc1. The lowest BCUT2D eigenvalue weighted by molar-refractivity contribution is -0.242. The highest BCUT2D eigenvalue weighted by Crippen LogP contribution is 2.35. The minimum absolute atomic E-state index is 0.0146. The zero-order valence-corrected chi connectivity index (χ0v) is 17.2. The van der Waals surface area contributed by atoms with E-state index in [9.17, 15) is 27.9 Å². The van der Waals surface area contributed by atoms with Crippen molar-refractivity contribution >= 4 is 40.9 Å². The molecule has 2 N–H and O–H groups in total. The maximum atomic E-state index is 12.7. The Labute approximate surface area is 174 Å². The highest BCUT2D eigenvalue weighted by Gasteiger charge is 2.55. The zero-order valence-electron chi connectivity index (χ0n) is 15.7. The molecule has 5 nitrogen and oxygen atoms in total. The van der Waals surface area contributed by atoms with Crippen molar-refractivity contribution in [3.63, 3.8) is 0 Å². The zero-order chi connectivity index (χ0) is 22.0. The molecule has 0 spiro atoms. The molecular formula is C19H18ClF3N2O3S. The minimum atomic E-state index is -5.13.